The van der Waals surface area contributed by atoms with Crippen molar-refractivity contribution in [1.82, 2.24) is 0 Å². The van der Waals surface area contributed by atoms with Crippen LogP contribution in [0.15, 0.2) is 18.2 Å². The highest BCUT2D eigenvalue weighted by atomic mass is 16.2. The number of hydrogen-bond acceptors (Lipinski definition) is 1. The van der Waals surface area contributed by atoms with E-state index in [1.54, 1.807) is 0 Å². The van der Waals surface area contributed by atoms with Crippen molar-refractivity contribution in [3.63, 3.8) is 0 Å². The van der Waals surface area contributed by atoms with Crippen LogP contribution in [0.4, 0.5) is 5.69 Å². The van der Waals surface area contributed by atoms with Crippen LogP contribution in [0.2, 0.25) is 0 Å². The molecule has 0 radical (unpaired) electrons. The molecule has 3 heteroatoms. The molecule has 1 aromatic rings. The minimum absolute atomic E-state index is 0.216. The van der Waals surface area contributed by atoms with Crippen molar-refractivity contribution < 1.29 is 10.1 Å². The van der Waals surface area contributed by atoms with Crippen LogP contribution in [0.3, 0.4) is 0 Å². The molecule has 15 heavy (non-hydrogen) atoms. The summed E-state index contributed by atoms with van der Waals surface area (Å²) in [6.07, 6.45) is 0. The normalized spacial score (nSPS) is 16.9. The van der Waals surface area contributed by atoms with E-state index in [4.69, 9.17) is 0 Å². The Kier molecular flexibility index (Phi) is 2.73. The van der Waals surface area contributed by atoms with Gasteiger partial charge in [-0.25, -0.2) is 0 Å². The zero-order valence-electron chi connectivity index (χ0n) is 9.29. The molecule has 0 atom stereocenters. The maximum atomic E-state index is 11.7. The fourth-order valence-electron chi connectivity index (χ4n) is 2.04. The summed E-state index contributed by atoms with van der Waals surface area (Å²) >= 11 is 0. The largest absolute Gasteiger partial charge is 0.337 e. The molecular formula is C12H17N2O+. The summed E-state index contributed by atoms with van der Waals surface area (Å²) in [6.45, 7) is 6.53. The number of rotatable bonds is 1. The number of quaternary nitrogens is 1. The van der Waals surface area contributed by atoms with Gasteiger partial charge in [-0.05, 0) is 25.5 Å². The van der Waals surface area contributed by atoms with Gasteiger partial charge in [0.25, 0.3) is 5.91 Å². The minimum atomic E-state index is 0.216. The van der Waals surface area contributed by atoms with Gasteiger partial charge in [0.1, 0.15) is 0 Å². The Bertz CT molecular complexity index is 387. The number of nitrogens with zero attached hydrogens (tertiary/aromatic N) is 1. The molecule has 1 aliphatic rings. The van der Waals surface area contributed by atoms with E-state index in [1.165, 1.54) is 11.1 Å². The number of anilines is 1. The Morgan fingerprint density at radius 2 is 2.13 bits per heavy atom. The Balaban J connectivity index is 2.31. The number of carbonyl (C=O) groups is 1. The number of hydrogen-bond donors (Lipinski definition) is 1. The van der Waals surface area contributed by atoms with Crippen LogP contribution in [0.1, 0.15) is 11.1 Å². The Morgan fingerprint density at radius 1 is 1.33 bits per heavy atom. The molecule has 3 nitrogen and oxygen atoms in total. The van der Waals surface area contributed by atoms with E-state index in [2.05, 4.69) is 31.3 Å². The summed E-state index contributed by atoms with van der Waals surface area (Å²) in [6, 6.07) is 6.24. The summed E-state index contributed by atoms with van der Waals surface area (Å²) in [5.74, 6) is 0.216. The molecule has 0 spiro atoms. The molecular weight excluding hydrogens is 188 g/mol. The monoisotopic (exact) mass is 205 g/mol. The van der Waals surface area contributed by atoms with Gasteiger partial charge in [0.2, 0.25) is 0 Å². The third kappa shape index (κ3) is 2.02. The average molecular weight is 205 g/mol. The van der Waals surface area contributed by atoms with E-state index < -0.39 is 0 Å². The molecule has 1 aliphatic heterocycles. The molecule has 80 valence electrons. The zero-order chi connectivity index (χ0) is 10.8. The first-order valence-electron chi connectivity index (χ1n) is 5.38. The van der Waals surface area contributed by atoms with E-state index in [9.17, 15) is 4.79 Å². The zero-order valence-corrected chi connectivity index (χ0v) is 9.29. The van der Waals surface area contributed by atoms with Crippen molar-refractivity contribution in [3.8, 4) is 0 Å². The van der Waals surface area contributed by atoms with Crippen LogP contribution in [0.5, 0.6) is 0 Å². The van der Waals surface area contributed by atoms with Crippen molar-refractivity contribution in [3.05, 3.63) is 29.3 Å². The second kappa shape index (κ2) is 4.03. The summed E-state index contributed by atoms with van der Waals surface area (Å²) in [7, 11) is 0. The molecule has 1 aromatic carbocycles. The van der Waals surface area contributed by atoms with Gasteiger partial charge in [-0.15, -0.1) is 0 Å². The fraction of sp³-hybridized carbons (Fsp3) is 0.417. The Morgan fingerprint density at radius 3 is 2.80 bits per heavy atom. The lowest BCUT2D eigenvalue weighted by Crippen LogP contribution is -2.91. The molecule has 0 aliphatic carbocycles. The maximum Gasteiger partial charge on any atom is 0.282 e. The maximum absolute atomic E-state index is 11.7. The van der Waals surface area contributed by atoms with Gasteiger partial charge in [-0.1, -0.05) is 17.7 Å². The smallest absolute Gasteiger partial charge is 0.282 e. The van der Waals surface area contributed by atoms with Crippen LogP contribution >= 0.6 is 0 Å². The lowest BCUT2D eigenvalue weighted by molar-refractivity contribution is -0.645. The predicted octanol–water partition coefficient (Wildman–Crippen LogP) is 0.213. The SMILES string of the molecule is Cc1ccc(N2CC[NH2+]CC2=O)c(C)c1. The lowest BCUT2D eigenvalue weighted by atomic mass is 10.1. The molecule has 0 saturated carbocycles. The van der Waals surface area contributed by atoms with Crippen molar-refractivity contribution in [2.75, 3.05) is 24.5 Å². The molecule has 2 N–H and O–H groups in total. The van der Waals surface area contributed by atoms with Crippen LogP contribution in [-0.4, -0.2) is 25.5 Å². The number of nitrogens with two attached hydrogens (primary N) is 1. The minimum Gasteiger partial charge on any atom is -0.337 e. The number of aryl methyl sites for hydroxylation is 2. The highest BCUT2D eigenvalue weighted by molar-refractivity contribution is 5.95. The Hall–Kier alpha value is -1.35. The van der Waals surface area contributed by atoms with Crippen LogP contribution in [0.25, 0.3) is 0 Å². The van der Waals surface area contributed by atoms with Gasteiger partial charge in [-0.2, -0.15) is 0 Å². The van der Waals surface area contributed by atoms with Gasteiger partial charge in [0, 0.05) is 5.69 Å². The van der Waals surface area contributed by atoms with Gasteiger partial charge in [0.15, 0.2) is 6.54 Å². The van der Waals surface area contributed by atoms with E-state index in [-0.39, 0.29) is 5.91 Å². The molecule has 0 aromatic heterocycles. The van der Waals surface area contributed by atoms with E-state index in [1.807, 2.05) is 11.0 Å². The van der Waals surface area contributed by atoms with Crippen LogP contribution in [-0.2, 0) is 4.79 Å². The summed E-state index contributed by atoms with van der Waals surface area (Å²) < 4.78 is 0. The second-order valence-electron chi connectivity index (χ2n) is 4.12. The number of benzene rings is 1. The van der Waals surface area contributed by atoms with Crippen molar-refractivity contribution >= 4 is 11.6 Å². The molecule has 1 fully saturated rings. The summed E-state index contributed by atoms with van der Waals surface area (Å²) in [4.78, 5) is 13.6. The van der Waals surface area contributed by atoms with Crippen molar-refractivity contribution in [1.29, 1.82) is 0 Å². The second-order valence-corrected chi connectivity index (χ2v) is 4.12. The molecule has 1 heterocycles. The summed E-state index contributed by atoms with van der Waals surface area (Å²) in [5, 5.41) is 2.06. The van der Waals surface area contributed by atoms with Gasteiger partial charge in [-0.3, -0.25) is 4.79 Å². The Labute approximate surface area is 90.1 Å². The molecule has 2 rings (SSSR count). The fourth-order valence-corrected chi connectivity index (χ4v) is 2.04. The first-order chi connectivity index (χ1) is 7.18. The van der Waals surface area contributed by atoms with Crippen LogP contribution < -0.4 is 10.2 Å². The van der Waals surface area contributed by atoms with Gasteiger partial charge < -0.3 is 10.2 Å². The highest BCUT2D eigenvalue weighted by Gasteiger charge is 2.22. The molecule has 1 amide bonds. The van der Waals surface area contributed by atoms with Gasteiger partial charge >= 0.3 is 0 Å². The first kappa shape index (κ1) is 10.2. The van der Waals surface area contributed by atoms with Crippen LogP contribution in [0, 0.1) is 13.8 Å². The third-order valence-electron chi connectivity index (χ3n) is 2.82. The molecule has 1 saturated heterocycles. The predicted molar refractivity (Wildman–Crippen MR) is 59.9 cm³/mol. The standard InChI is InChI=1S/C12H16N2O/c1-9-3-4-11(10(2)7-9)14-6-5-13-8-12(14)15/h3-4,7,13H,5-6,8H2,1-2H3/p+1. The van der Waals surface area contributed by atoms with Crippen molar-refractivity contribution in [2.24, 2.45) is 0 Å². The third-order valence-corrected chi connectivity index (χ3v) is 2.82. The lowest BCUT2D eigenvalue weighted by Gasteiger charge is -2.26. The van der Waals surface area contributed by atoms with E-state index >= 15 is 0 Å². The topological polar surface area (TPSA) is 36.9 Å². The average Bonchev–Trinajstić information content (AvgIpc) is 2.20. The van der Waals surface area contributed by atoms with E-state index in [0.717, 1.165) is 18.8 Å². The number of amides is 1. The van der Waals surface area contributed by atoms with E-state index in [0.29, 0.717) is 6.54 Å². The van der Waals surface area contributed by atoms with Gasteiger partial charge in [0.05, 0.1) is 13.1 Å². The van der Waals surface area contributed by atoms with Crippen molar-refractivity contribution in [2.45, 2.75) is 13.8 Å². The first-order valence-corrected chi connectivity index (χ1v) is 5.38. The quantitative estimate of drug-likeness (QED) is 0.699. The number of carbonyl (C=O) groups excluding carboxylic acids is 1. The summed E-state index contributed by atoms with van der Waals surface area (Å²) in [5.41, 5.74) is 3.50. The molecule has 0 unspecified atom stereocenters. The highest BCUT2D eigenvalue weighted by Crippen LogP contribution is 2.21. The molecule has 0 bridgehead atoms. The number of piperazine rings is 1.